The van der Waals surface area contributed by atoms with Crippen molar-refractivity contribution in [1.29, 1.82) is 0 Å². The topological polar surface area (TPSA) is 149 Å². The van der Waals surface area contributed by atoms with Gasteiger partial charge < -0.3 is 33.5 Å². The van der Waals surface area contributed by atoms with Crippen LogP contribution in [0.3, 0.4) is 0 Å². The Morgan fingerprint density at radius 2 is 1.03 bits per heavy atom. The highest BCUT2D eigenvalue weighted by Gasteiger charge is 2.34. The van der Waals surface area contributed by atoms with Crippen LogP contribution in [-0.2, 0) is 32.2 Å². The third kappa shape index (κ3) is 8.99. The summed E-state index contributed by atoms with van der Waals surface area (Å²) in [4.78, 5) is 63.9. The average molecular weight is 977 g/mol. The van der Waals surface area contributed by atoms with Gasteiger partial charge in [0, 0.05) is 77.1 Å². The fourth-order valence-electron chi connectivity index (χ4n) is 12.3. The third-order valence-electron chi connectivity index (χ3n) is 15.8. The first-order valence-electron chi connectivity index (χ1n) is 25.8. The van der Waals surface area contributed by atoms with Gasteiger partial charge in [0.2, 0.25) is 5.95 Å². The van der Waals surface area contributed by atoms with E-state index in [-0.39, 0.29) is 24.4 Å². The van der Waals surface area contributed by atoms with Gasteiger partial charge in [-0.05, 0) is 102 Å². The smallest absolute Gasteiger partial charge is 0.337 e. The van der Waals surface area contributed by atoms with Crippen molar-refractivity contribution in [3.8, 4) is 22.5 Å². The van der Waals surface area contributed by atoms with Gasteiger partial charge in [0.25, 0.3) is 5.91 Å². The second-order valence-electron chi connectivity index (χ2n) is 20.0. The Hall–Kier alpha value is -7.80. The number of rotatable bonds is 7. The molecule has 6 heterocycles. The van der Waals surface area contributed by atoms with E-state index < -0.39 is 5.97 Å². The zero-order valence-corrected chi connectivity index (χ0v) is 41.5. The highest BCUT2D eigenvalue weighted by Crippen LogP contribution is 2.48. The minimum Gasteiger partial charge on any atom is -0.478 e. The Balaban J connectivity index is 0.000000165. The number of hydrogen-bond acceptors (Lipinski definition) is 9. The molecule has 12 rings (SSSR count). The first-order chi connectivity index (χ1) is 35.7. The molecule has 0 unspecified atom stereocenters. The van der Waals surface area contributed by atoms with Crippen LogP contribution in [0.25, 0.3) is 56.5 Å². The van der Waals surface area contributed by atoms with Crippen molar-refractivity contribution in [1.82, 2.24) is 24.0 Å². The SMILES string of the molecule is COC(=O)c1ccc2c(C3CCCCC3)c3n(c2c1)CC(C(=O)N1CCN(c2ncccn2)CC1)=Cc1ccccc1-3.COC(=O)c1ccc2c(C3CCCCC3)c3n(c2c1)CC(C(=O)O)=Cc1ccccc1-3. The van der Waals surface area contributed by atoms with Crippen LogP contribution >= 0.6 is 0 Å². The van der Waals surface area contributed by atoms with Gasteiger partial charge in [0.1, 0.15) is 0 Å². The average Bonchev–Trinajstić information content (AvgIpc) is 3.79. The molecule has 372 valence electrons. The number of benzene rings is 4. The molecule has 13 nitrogen and oxygen atoms in total. The van der Waals surface area contributed by atoms with E-state index >= 15 is 0 Å². The maximum Gasteiger partial charge on any atom is 0.337 e. The number of nitrogens with zero attached hydrogens (tertiary/aromatic N) is 6. The Morgan fingerprint density at radius 3 is 1.51 bits per heavy atom. The Morgan fingerprint density at radius 1 is 0.562 bits per heavy atom. The summed E-state index contributed by atoms with van der Waals surface area (Å²) in [6, 6.07) is 29.8. The molecule has 3 aliphatic heterocycles. The van der Waals surface area contributed by atoms with Crippen molar-refractivity contribution in [3.63, 3.8) is 0 Å². The lowest BCUT2D eigenvalue weighted by Gasteiger charge is -2.35. The highest BCUT2D eigenvalue weighted by atomic mass is 16.5. The molecule has 4 aromatic carbocycles. The third-order valence-corrected chi connectivity index (χ3v) is 15.8. The van der Waals surface area contributed by atoms with Gasteiger partial charge in [0.05, 0.1) is 55.4 Å². The largest absolute Gasteiger partial charge is 0.478 e. The molecule has 73 heavy (non-hydrogen) atoms. The predicted octanol–water partition coefficient (Wildman–Crippen LogP) is 11.3. The van der Waals surface area contributed by atoms with Crippen LogP contribution in [0.1, 0.15) is 119 Å². The van der Waals surface area contributed by atoms with E-state index in [0.29, 0.717) is 67.2 Å². The summed E-state index contributed by atoms with van der Waals surface area (Å²) in [5, 5.41) is 12.1. The molecule has 2 aliphatic carbocycles. The number of carboxylic acid groups (broad SMARTS) is 1. The van der Waals surface area contributed by atoms with Crippen LogP contribution in [0.2, 0.25) is 0 Å². The number of methoxy groups -OCH3 is 2. The molecule has 0 spiro atoms. The number of amides is 1. The standard InChI is InChI=1S/C34H35N5O3.C26H25NO4/c1-42-33(41)25-12-13-28-29(21-25)39-22-26(32(40)37-16-18-38(19-17-37)34-35-14-7-15-36-34)20-24-10-5-6-11-27(24)31(39)30(28)23-8-3-2-4-9-23;1-31-26(30)18-11-12-21-22(14-18)27-15-19(25(28)29)13-17-9-5-6-10-20(17)24(27)23(21)16-7-3-2-4-8-16/h5-7,10-15,20-21,23H,2-4,8-9,16-19,22H2,1H3;5-6,9-14,16H,2-4,7-8,15H2,1H3,(H,28,29). The number of anilines is 1. The number of piperazine rings is 1. The Bertz CT molecular complexity index is 3350. The summed E-state index contributed by atoms with van der Waals surface area (Å²) in [5.41, 5.74) is 13.0. The van der Waals surface area contributed by atoms with Crippen molar-refractivity contribution in [3.05, 3.63) is 148 Å². The predicted molar refractivity (Wildman–Crippen MR) is 283 cm³/mol. The molecule has 0 radical (unpaired) electrons. The van der Waals surface area contributed by atoms with E-state index in [2.05, 4.69) is 60.4 Å². The number of carbonyl (C=O) groups excluding carboxylic acids is 3. The van der Waals surface area contributed by atoms with Crippen LogP contribution < -0.4 is 4.90 Å². The molecule has 0 atom stereocenters. The van der Waals surface area contributed by atoms with Crippen LogP contribution in [-0.4, -0.2) is 93.3 Å². The fraction of sp³-hybridized carbons (Fsp3) is 0.333. The van der Waals surface area contributed by atoms with Crippen LogP contribution in [0.15, 0.2) is 115 Å². The number of carboxylic acids is 1. The molecule has 3 aromatic heterocycles. The van der Waals surface area contributed by atoms with Crippen LogP contribution in [0, 0.1) is 0 Å². The molecule has 1 saturated heterocycles. The summed E-state index contributed by atoms with van der Waals surface area (Å²) < 4.78 is 14.4. The maximum absolute atomic E-state index is 14.2. The molecule has 7 aromatic rings. The van der Waals surface area contributed by atoms with Gasteiger partial charge >= 0.3 is 17.9 Å². The van der Waals surface area contributed by atoms with E-state index in [4.69, 9.17) is 9.47 Å². The van der Waals surface area contributed by atoms with Gasteiger partial charge in [0.15, 0.2) is 0 Å². The zero-order chi connectivity index (χ0) is 50.2. The van der Waals surface area contributed by atoms with E-state index in [1.165, 1.54) is 75.0 Å². The lowest BCUT2D eigenvalue weighted by Crippen LogP contribution is -2.49. The van der Waals surface area contributed by atoms with Crippen molar-refractivity contribution >= 4 is 63.7 Å². The number of aliphatic carboxylic acids is 1. The van der Waals surface area contributed by atoms with Crippen molar-refractivity contribution < 1.29 is 33.8 Å². The van der Waals surface area contributed by atoms with Crippen LogP contribution in [0.5, 0.6) is 0 Å². The monoisotopic (exact) mass is 976 g/mol. The number of carbonyl (C=O) groups is 4. The van der Waals surface area contributed by atoms with Gasteiger partial charge in [-0.25, -0.2) is 24.4 Å². The second-order valence-corrected chi connectivity index (χ2v) is 20.0. The molecule has 13 heteroatoms. The van der Waals surface area contributed by atoms with Gasteiger partial charge in [-0.3, -0.25) is 4.79 Å². The molecular formula is C60H60N6O7. The van der Waals surface area contributed by atoms with Crippen molar-refractivity contribution in [2.75, 3.05) is 45.3 Å². The number of hydrogen-bond donors (Lipinski definition) is 1. The molecule has 2 saturated carbocycles. The van der Waals surface area contributed by atoms with Crippen molar-refractivity contribution in [2.24, 2.45) is 0 Å². The Labute approximate surface area is 424 Å². The number of fused-ring (bicyclic) bond motifs is 10. The molecule has 5 aliphatic rings. The van der Waals surface area contributed by atoms with Crippen LogP contribution in [0.4, 0.5) is 5.95 Å². The quantitative estimate of drug-likeness (QED) is 0.153. The summed E-state index contributed by atoms with van der Waals surface area (Å²) >= 11 is 0. The zero-order valence-electron chi connectivity index (χ0n) is 41.5. The fourth-order valence-corrected chi connectivity index (χ4v) is 12.3. The summed E-state index contributed by atoms with van der Waals surface area (Å²) in [6.07, 6.45) is 19.3. The van der Waals surface area contributed by atoms with E-state index in [0.717, 1.165) is 75.6 Å². The summed E-state index contributed by atoms with van der Waals surface area (Å²) in [6.45, 7) is 3.29. The minimum absolute atomic E-state index is 0.0523. The van der Waals surface area contributed by atoms with E-state index in [1.54, 1.807) is 18.5 Å². The van der Waals surface area contributed by atoms with E-state index in [9.17, 15) is 24.3 Å². The summed E-state index contributed by atoms with van der Waals surface area (Å²) in [7, 11) is 2.79. The van der Waals surface area contributed by atoms with Gasteiger partial charge in [-0.15, -0.1) is 0 Å². The Kier molecular flexibility index (Phi) is 13.3. The molecule has 0 bridgehead atoms. The number of ether oxygens (including phenoxy) is 2. The first kappa shape index (κ1) is 47.5. The number of esters is 2. The first-order valence-corrected chi connectivity index (χ1v) is 25.8. The lowest BCUT2D eigenvalue weighted by molar-refractivity contribution is -0.132. The molecule has 1 amide bonds. The summed E-state index contributed by atoms with van der Waals surface area (Å²) in [5.74, 6) is -0.0416. The normalized spacial score (nSPS) is 16.8. The highest BCUT2D eigenvalue weighted by molar-refractivity contribution is 6.05. The molecular weight excluding hydrogens is 917 g/mol. The molecule has 1 N–H and O–H groups in total. The second kappa shape index (κ2) is 20.4. The minimum atomic E-state index is -0.923. The molecule has 3 fully saturated rings. The maximum atomic E-state index is 14.2. The van der Waals surface area contributed by atoms with Gasteiger partial charge in [-0.1, -0.05) is 99.2 Å². The van der Waals surface area contributed by atoms with Gasteiger partial charge in [-0.2, -0.15) is 0 Å². The number of aromatic nitrogens is 4. The van der Waals surface area contributed by atoms with Crippen molar-refractivity contribution in [2.45, 2.75) is 89.1 Å². The van der Waals surface area contributed by atoms with E-state index in [1.807, 2.05) is 65.6 Å². The lowest BCUT2D eigenvalue weighted by atomic mass is 9.81.